The third kappa shape index (κ3) is 4.70. The van der Waals surface area contributed by atoms with Crippen LogP contribution >= 0.6 is 0 Å². The van der Waals surface area contributed by atoms with Crippen molar-refractivity contribution in [3.05, 3.63) is 53.1 Å². The zero-order chi connectivity index (χ0) is 23.8. The Bertz CT molecular complexity index is 1100. The summed E-state index contributed by atoms with van der Waals surface area (Å²) in [5, 5.41) is 8.88. The number of halogens is 3. The summed E-state index contributed by atoms with van der Waals surface area (Å²) in [5.41, 5.74) is 3.18. The van der Waals surface area contributed by atoms with Gasteiger partial charge in [-0.3, -0.25) is 0 Å². The van der Waals surface area contributed by atoms with Gasteiger partial charge in [-0.05, 0) is 54.8 Å². The first kappa shape index (κ1) is 23.5. The van der Waals surface area contributed by atoms with Gasteiger partial charge in [0.2, 0.25) is 0 Å². The van der Waals surface area contributed by atoms with Crippen LogP contribution in [-0.4, -0.2) is 29.9 Å². The van der Waals surface area contributed by atoms with E-state index in [9.17, 15) is 22.8 Å². The second kappa shape index (κ2) is 8.43. The van der Waals surface area contributed by atoms with E-state index in [1.54, 1.807) is 12.1 Å². The number of benzene rings is 2. The highest BCUT2D eigenvalue weighted by Crippen LogP contribution is 2.43. The number of carboxylic acids is 1. The second-order valence-corrected chi connectivity index (χ2v) is 8.45. The molecular formula is C24H25F3NO4+. The smallest absolute Gasteiger partial charge is 0.478 e. The summed E-state index contributed by atoms with van der Waals surface area (Å²) >= 11 is 0. The molecule has 2 aromatic carbocycles. The number of quaternary nitrogens is 1. The van der Waals surface area contributed by atoms with Gasteiger partial charge in [0.15, 0.2) is 0 Å². The van der Waals surface area contributed by atoms with Crippen molar-refractivity contribution in [2.24, 2.45) is 0 Å². The number of alkyl halides is 3. The first-order chi connectivity index (χ1) is 14.8. The topological polar surface area (TPSA) is 68.0 Å². The molecule has 0 bridgehead atoms. The number of rotatable bonds is 5. The van der Waals surface area contributed by atoms with Crippen molar-refractivity contribution in [2.45, 2.75) is 45.9 Å². The Morgan fingerprint density at radius 3 is 2.50 bits per heavy atom. The molecule has 0 aliphatic carbocycles. The highest BCUT2D eigenvalue weighted by atomic mass is 19.4. The molecule has 1 heterocycles. The molecule has 0 radical (unpaired) electrons. The molecule has 3 rings (SSSR count). The van der Waals surface area contributed by atoms with Gasteiger partial charge in [0.05, 0.1) is 13.0 Å². The Labute approximate surface area is 184 Å². The standard InChI is InChI=1S/C24H24F3NO4/c1-5-28-18-9-8-16(14(2)22(18)23(3,4)13-20(28)29)17-12-15(7-11-21(30)31)6-10-19(17)32-24(25,26)27/h6-12H,5,13H2,1-4H3,(H,30,31)/p+1/b11-7+. The van der Waals surface area contributed by atoms with Crippen molar-refractivity contribution >= 4 is 23.6 Å². The first-order valence-corrected chi connectivity index (χ1v) is 10.2. The van der Waals surface area contributed by atoms with Crippen LogP contribution in [0.25, 0.3) is 17.2 Å². The summed E-state index contributed by atoms with van der Waals surface area (Å²) in [4.78, 5) is 24.2. The number of carboxylic acid groups (broad SMARTS) is 1. The molecule has 1 atom stereocenters. The maximum Gasteiger partial charge on any atom is 0.573 e. The van der Waals surface area contributed by atoms with Crippen LogP contribution in [0.4, 0.5) is 18.9 Å². The fourth-order valence-corrected chi connectivity index (χ4v) is 4.50. The minimum absolute atomic E-state index is 0.0825. The number of hydrogen-bond acceptors (Lipinski definition) is 3. The summed E-state index contributed by atoms with van der Waals surface area (Å²) in [7, 11) is 0. The number of hydrogen-bond donors (Lipinski definition) is 2. The van der Waals surface area contributed by atoms with Crippen molar-refractivity contribution < 1.29 is 37.5 Å². The lowest BCUT2D eigenvalue weighted by atomic mass is 9.73. The fraction of sp³-hybridized carbons (Fsp3) is 0.333. The number of fused-ring (bicyclic) bond motifs is 1. The van der Waals surface area contributed by atoms with Crippen LogP contribution in [0.5, 0.6) is 5.75 Å². The zero-order valence-corrected chi connectivity index (χ0v) is 18.3. The average molecular weight is 448 g/mol. The molecule has 2 N–H and O–H groups in total. The average Bonchev–Trinajstić information content (AvgIpc) is 2.65. The van der Waals surface area contributed by atoms with E-state index in [0.717, 1.165) is 27.8 Å². The van der Waals surface area contributed by atoms with E-state index < -0.39 is 17.7 Å². The Hall–Kier alpha value is -3.13. The lowest BCUT2D eigenvalue weighted by molar-refractivity contribution is -0.750. The monoisotopic (exact) mass is 448 g/mol. The van der Waals surface area contributed by atoms with Crippen molar-refractivity contribution in [2.75, 3.05) is 6.54 Å². The van der Waals surface area contributed by atoms with E-state index in [4.69, 9.17) is 5.11 Å². The number of amides is 1. The first-order valence-electron chi connectivity index (χ1n) is 10.2. The lowest BCUT2D eigenvalue weighted by Gasteiger charge is -2.36. The van der Waals surface area contributed by atoms with Crippen LogP contribution in [0, 0.1) is 6.92 Å². The molecule has 0 saturated carbocycles. The highest BCUT2D eigenvalue weighted by Gasteiger charge is 2.42. The Balaban J connectivity index is 2.25. The summed E-state index contributed by atoms with van der Waals surface area (Å²) < 4.78 is 43.5. The van der Waals surface area contributed by atoms with E-state index >= 15 is 0 Å². The molecule has 32 heavy (non-hydrogen) atoms. The SMILES string of the molecule is CC[NH+]1C(=O)CC(C)(C)c2c1ccc(-c1cc(/C=C/C(=O)O)ccc1OC(F)(F)F)c2C. The predicted molar refractivity (Wildman–Crippen MR) is 114 cm³/mol. The van der Waals surface area contributed by atoms with Gasteiger partial charge >= 0.3 is 18.2 Å². The van der Waals surface area contributed by atoms with Gasteiger partial charge in [-0.25, -0.2) is 14.5 Å². The highest BCUT2D eigenvalue weighted by molar-refractivity contribution is 5.87. The van der Waals surface area contributed by atoms with E-state index in [1.165, 1.54) is 24.3 Å². The minimum atomic E-state index is -4.88. The van der Waals surface area contributed by atoms with E-state index in [2.05, 4.69) is 4.74 Å². The second-order valence-electron chi connectivity index (χ2n) is 8.45. The number of aliphatic carboxylic acids is 1. The molecular weight excluding hydrogens is 423 g/mol. The molecule has 0 spiro atoms. The minimum Gasteiger partial charge on any atom is -0.478 e. The summed E-state index contributed by atoms with van der Waals surface area (Å²) in [5.74, 6) is -1.46. The molecule has 1 amide bonds. The molecule has 0 fully saturated rings. The third-order valence-electron chi connectivity index (χ3n) is 5.70. The van der Waals surface area contributed by atoms with Gasteiger partial charge in [0.1, 0.15) is 11.4 Å². The van der Waals surface area contributed by atoms with Crippen LogP contribution in [0.2, 0.25) is 0 Å². The number of ether oxygens (including phenoxy) is 1. The van der Waals surface area contributed by atoms with Gasteiger partial charge < -0.3 is 9.84 Å². The van der Waals surface area contributed by atoms with Crippen molar-refractivity contribution in [3.8, 4) is 16.9 Å². The molecule has 0 saturated heterocycles. The van der Waals surface area contributed by atoms with Crippen LogP contribution < -0.4 is 9.64 Å². The van der Waals surface area contributed by atoms with Crippen LogP contribution in [0.15, 0.2) is 36.4 Å². The van der Waals surface area contributed by atoms with Crippen LogP contribution in [0.3, 0.4) is 0 Å². The van der Waals surface area contributed by atoms with Crippen molar-refractivity contribution in [3.63, 3.8) is 0 Å². The number of carbonyl (C=O) groups is 2. The van der Waals surface area contributed by atoms with Crippen molar-refractivity contribution in [1.29, 1.82) is 0 Å². The zero-order valence-electron chi connectivity index (χ0n) is 18.3. The van der Waals surface area contributed by atoms with Crippen LogP contribution in [0.1, 0.15) is 43.9 Å². The molecule has 1 unspecified atom stereocenters. The van der Waals surface area contributed by atoms with Gasteiger partial charge in [-0.1, -0.05) is 19.9 Å². The summed E-state index contributed by atoms with van der Waals surface area (Å²) in [6.07, 6.45) is -2.34. The Kier molecular flexibility index (Phi) is 6.20. The summed E-state index contributed by atoms with van der Waals surface area (Å²) in [6.45, 7) is 8.21. The molecule has 2 aromatic rings. The lowest BCUT2D eigenvalue weighted by Crippen LogP contribution is -3.11. The molecule has 170 valence electrons. The summed E-state index contributed by atoms with van der Waals surface area (Å²) in [6, 6.07) is 7.50. The third-order valence-corrected chi connectivity index (χ3v) is 5.70. The quantitative estimate of drug-likeness (QED) is 0.666. The normalized spacial score (nSPS) is 18.0. The van der Waals surface area contributed by atoms with Gasteiger partial charge in [0, 0.05) is 28.7 Å². The number of carbonyl (C=O) groups excluding carboxylic acids is 1. The predicted octanol–water partition coefficient (Wildman–Crippen LogP) is 4.40. The van der Waals surface area contributed by atoms with Crippen molar-refractivity contribution in [1.82, 2.24) is 0 Å². The van der Waals surface area contributed by atoms with Gasteiger partial charge in [-0.2, -0.15) is 0 Å². The maximum atomic E-state index is 13.1. The van der Waals surface area contributed by atoms with Gasteiger partial charge in [-0.15, -0.1) is 13.2 Å². The maximum absolute atomic E-state index is 13.1. The molecule has 8 heteroatoms. The van der Waals surface area contributed by atoms with E-state index in [0.29, 0.717) is 24.1 Å². The fourth-order valence-electron chi connectivity index (χ4n) is 4.50. The number of nitrogens with one attached hydrogen (secondary N) is 1. The Morgan fingerprint density at radius 2 is 1.91 bits per heavy atom. The van der Waals surface area contributed by atoms with E-state index in [1.807, 2.05) is 27.7 Å². The molecule has 0 aromatic heterocycles. The molecule has 1 aliphatic rings. The van der Waals surface area contributed by atoms with Crippen LogP contribution in [-0.2, 0) is 15.0 Å². The molecule has 1 aliphatic heterocycles. The largest absolute Gasteiger partial charge is 0.573 e. The van der Waals surface area contributed by atoms with E-state index in [-0.39, 0.29) is 17.2 Å². The Morgan fingerprint density at radius 1 is 1.22 bits per heavy atom. The molecule has 5 nitrogen and oxygen atoms in total. The van der Waals surface area contributed by atoms with Gasteiger partial charge in [0.25, 0.3) is 0 Å².